The summed E-state index contributed by atoms with van der Waals surface area (Å²) >= 11 is 0. The normalized spacial score (nSPS) is 11.3. The van der Waals surface area contributed by atoms with E-state index < -0.39 is 0 Å². The minimum atomic E-state index is 0.915. The molecule has 2 heterocycles. The maximum Gasteiger partial charge on any atom is 0.0630 e. The smallest absolute Gasteiger partial charge is 0.0630 e. The summed E-state index contributed by atoms with van der Waals surface area (Å²) in [6.07, 6.45) is 11.0. The van der Waals surface area contributed by atoms with Gasteiger partial charge in [0.2, 0.25) is 0 Å². The Kier molecular flexibility index (Phi) is 6.40. The summed E-state index contributed by atoms with van der Waals surface area (Å²) in [6, 6.07) is 32.6. The van der Waals surface area contributed by atoms with Crippen molar-refractivity contribution < 1.29 is 0 Å². The first kappa shape index (κ1) is 21.2. The van der Waals surface area contributed by atoms with Gasteiger partial charge in [-0.1, -0.05) is 48.5 Å². The van der Waals surface area contributed by atoms with Gasteiger partial charge < -0.3 is 0 Å². The number of pyridine rings is 2. The first-order chi connectivity index (χ1) is 16.8. The van der Waals surface area contributed by atoms with Crippen LogP contribution in [0.1, 0.15) is 11.1 Å². The van der Waals surface area contributed by atoms with Crippen LogP contribution in [0.15, 0.2) is 132 Å². The Morgan fingerprint density at radius 3 is 1.06 bits per heavy atom. The molecule has 0 fully saturated rings. The summed E-state index contributed by atoms with van der Waals surface area (Å²) in [5, 5.41) is 0. The van der Waals surface area contributed by atoms with Crippen molar-refractivity contribution in [3.8, 4) is 22.3 Å². The lowest BCUT2D eigenvalue weighted by molar-refractivity contribution is 1.33. The van der Waals surface area contributed by atoms with E-state index in [4.69, 9.17) is 0 Å². The quantitative estimate of drug-likeness (QED) is 0.261. The molecule has 0 radical (unpaired) electrons. The molecule has 0 N–H and O–H groups in total. The third kappa shape index (κ3) is 5.37. The highest BCUT2D eigenvalue weighted by molar-refractivity contribution is 5.86. The average Bonchev–Trinajstić information content (AvgIpc) is 2.93. The standard InChI is InChI=1S/C30H22N4/c1-2-24(22-34-30-11-7-26(8-12-30)28-15-19-32-20-16-28)4-3-23(1)21-33-29-9-5-25(6-10-29)27-13-17-31-18-14-27/h1-22H. The van der Waals surface area contributed by atoms with E-state index in [0.29, 0.717) is 0 Å². The summed E-state index contributed by atoms with van der Waals surface area (Å²) < 4.78 is 0. The fourth-order valence-electron chi connectivity index (χ4n) is 3.53. The van der Waals surface area contributed by atoms with Crippen LogP contribution in [0, 0.1) is 0 Å². The van der Waals surface area contributed by atoms with Crippen molar-refractivity contribution in [2.45, 2.75) is 0 Å². The molecule has 0 aliphatic heterocycles. The lowest BCUT2D eigenvalue weighted by Crippen LogP contribution is -1.84. The largest absolute Gasteiger partial charge is 0.265 e. The first-order valence-electron chi connectivity index (χ1n) is 11.0. The van der Waals surface area contributed by atoms with Crippen LogP contribution >= 0.6 is 0 Å². The Balaban J connectivity index is 1.21. The van der Waals surface area contributed by atoms with Crippen molar-refractivity contribution in [3.05, 3.63) is 133 Å². The summed E-state index contributed by atoms with van der Waals surface area (Å²) in [6.45, 7) is 0. The SMILES string of the molecule is C(=Nc1ccc(-c2ccncc2)cc1)c1ccc(C=Nc2ccc(-c3ccncc3)cc2)cc1. The highest BCUT2D eigenvalue weighted by Gasteiger charge is 1.98. The van der Waals surface area contributed by atoms with E-state index in [-0.39, 0.29) is 0 Å². The summed E-state index contributed by atoms with van der Waals surface area (Å²) in [4.78, 5) is 17.3. The summed E-state index contributed by atoms with van der Waals surface area (Å²) in [5.74, 6) is 0. The average molecular weight is 439 g/mol. The predicted octanol–water partition coefficient (Wildman–Crippen LogP) is 7.31. The van der Waals surface area contributed by atoms with Crippen LogP contribution < -0.4 is 0 Å². The number of hydrogen-bond acceptors (Lipinski definition) is 4. The van der Waals surface area contributed by atoms with Crippen LogP contribution in [0.2, 0.25) is 0 Å². The monoisotopic (exact) mass is 438 g/mol. The number of nitrogens with zero attached hydrogens (tertiary/aromatic N) is 4. The highest BCUT2D eigenvalue weighted by atomic mass is 14.7. The zero-order valence-electron chi connectivity index (χ0n) is 18.5. The van der Waals surface area contributed by atoms with Gasteiger partial charge in [-0.05, 0) is 81.9 Å². The van der Waals surface area contributed by atoms with Gasteiger partial charge in [0, 0.05) is 37.2 Å². The molecule has 0 unspecified atom stereocenters. The Bertz CT molecular complexity index is 1280. The van der Waals surface area contributed by atoms with Crippen molar-refractivity contribution in [3.63, 3.8) is 0 Å². The minimum Gasteiger partial charge on any atom is -0.265 e. The zero-order chi connectivity index (χ0) is 23.0. The van der Waals surface area contributed by atoms with Crippen LogP contribution in [0.4, 0.5) is 11.4 Å². The number of rotatable bonds is 6. The maximum atomic E-state index is 4.59. The Labute approximate surface area is 199 Å². The molecule has 3 aromatic carbocycles. The molecule has 4 heteroatoms. The number of hydrogen-bond donors (Lipinski definition) is 0. The lowest BCUT2D eigenvalue weighted by Gasteiger charge is -2.02. The topological polar surface area (TPSA) is 50.5 Å². The van der Waals surface area contributed by atoms with Gasteiger partial charge in [-0.25, -0.2) is 0 Å². The second-order valence-electron chi connectivity index (χ2n) is 7.75. The fraction of sp³-hybridized carbons (Fsp3) is 0. The third-order valence-electron chi connectivity index (χ3n) is 5.42. The molecule has 162 valence electrons. The van der Waals surface area contributed by atoms with Crippen LogP contribution in [0.3, 0.4) is 0 Å². The molecule has 0 aliphatic carbocycles. The first-order valence-corrected chi connectivity index (χ1v) is 11.0. The van der Waals surface area contributed by atoms with Crippen molar-refractivity contribution >= 4 is 23.8 Å². The molecule has 0 atom stereocenters. The van der Waals surface area contributed by atoms with Crippen LogP contribution in [0.25, 0.3) is 22.3 Å². The van der Waals surface area contributed by atoms with Crippen LogP contribution in [-0.2, 0) is 0 Å². The molecule has 5 aromatic rings. The molecule has 0 amide bonds. The Morgan fingerprint density at radius 1 is 0.382 bits per heavy atom. The van der Waals surface area contributed by atoms with E-state index in [2.05, 4.69) is 44.2 Å². The van der Waals surface area contributed by atoms with Gasteiger partial charge in [-0.15, -0.1) is 0 Å². The molecular weight excluding hydrogens is 416 g/mol. The molecule has 34 heavy (non-hydrogen) atoms. The lowest BCUT2D eigenvalue weighted by atomic mass is 10.1. The molecule has 5 rings (SSSR count). The molecular formula is C30H22N4. The van der Waals surface area contributed by atoms with E-state index in [9.17, 15) is 0 Å². The summed E-state index contributed by atoms with van der Waals surface area (Å²) in [7, 11) is 0. The second-order valence-corrected chi connectivity index (χ2v) is 7.75. The van der Waals surface area contributed by atoms with Crippen LogP contribution in [0.5, 0.6) is 0 Å². The molecule has 4 nitrogen and oxygen atoms in total. The predicted molar refractivity (Wildman–Crippen MR) is 140 cm³/mol. The molecule has 0 bridgehead atoms. The van der Waals surface area contributed by atoms with Gasteiger partial charge >= 0.3 is 0 Å². The van der Waals surface area contributed by atoms with E-state index >= 15 is 0 Å². The second kappa shape index (κ2) is 10.3. The van der Waals surface area contributed by atoms with Crippen molar-refractivity contribution in [1.29, 1.82) is 0 Å². The third-order valence-corrected chi connectivity index (χ3v) is 5.42. The van der Waals surface area contributed by atoms with E-state index in [1.807, 2.05) is 85.2 Å². The van der Waals surface area contributed by atoms with E-state index in [1.165, 1.54) is 0 Å². The summed E-state index contributed by atoms with van der Waals surface area (Å²) in [5.41, 5.74) is 8.50. The Morgan fingerprint density at radius 2 is 0.706 bits per heavy atom. The van der Waals surface area contributed by atoms with Gasteiger partial charge in [0.15, 0.2) is 0 Å². The highest BCUT2D eigenvalue weighted by Crippen LogP contribution is 2.23. The van der Waals surface area contributed by atoms with Crippen molar-refractivity contribution in [2.75, 3.05) is 0 Å². The molecule has 0 aliphatic rings. The number of aliphatic imine (C=N–C) groups is 2. The van der Waals surface area contributed by atoms with E-state index in [1.54, 1.807) is 24.8 Å². The molecule has 2 aromatic heterocycles. The van der Waals surface area contributed by atoms with Gasteiger partial charge in [0.1, 0.15) is 0 Å². The minimum absolute atomic E-state index is 0.915. The molecule has 0 saturated heterocycles. The Hall–Kier alpha value is -4.70. The molecule has 0 spiro atoms. The number of benzene rings is 3. The van der Waals surface area contributed by atoms with Gasteiger partial charge in [-0.3, -0.25) is 20.0 Å². The zero-order valence-corrected chi connectivity index (χ0v) is 18.5. The maximum absolute atomic E-state index is 4.59. The number of aromatic nitrogens is 2. The van der Waals surface area contributed by atoms with Gasteiger partial charge in [0.25, 0.3) is 0 Å². The van der Waals surface area contributed by atoms with Crippen LogP contribution in [-0.4, -0.2) is 22.4 Å². The fourth-order valence-corrected chi connectivity index (χ4v) is 3.53. The van der Waals surface area contributed by atoms with Gasteiger partial charge in [0.05, 0.1) is 11.4 Å². The van der Waals surface area contributed by atoms with Crippen molar-refractivity contribution in [1.82, 2.24) is 9.97 Å². The van der Waals surface area contributed by atoms with Gasteiger partial charge in [-0.2, -0.15) is 0 Å². The molecule has 0 saturated carbocycles. The van der Waals surface area contributed by atoms with E-state index in [0.717, 1.165) is 44.8 Å². The van der Waals surface area contributed by atoms with Crippen molar-refractivity contribution in [2.24, 2.45) is 9.98 Å².